The van der Waals surface area contributed by atoms with Gasteiger partial charge in [0.25, 0.3) is 0 Å². The number of nitrogens with zero attached hydrogens (tertiary/aromatic N) is 1. The fourth-order valence-corrected chi connectivity index (χ4v) is 5.78. The van der Waals surface area contributed by atoms with Gasteiger partial charge in [0, 0.05) is 25.6 Å². The van der Waals surface area contributed by atoms with E-state index in [2.05, 4.69) is 10.6 Å². The van der Waals surface area contributed by atoms with Crippen molar-refractivity contribution in [1.82, 2.24) is 15.5 Å². The van der Waals surface area contributed by atoms with E-state index in [9.17, 15) is 14.4 Å². The third kappa shape index (κ3) is 4.66. The molecule has 0 bridgehead atoms. The molecule has 3 amide bonds. The Morgan fingerprint density at radius 3 is 2.37 bits per heavy atom. The van der Waals surface area contributed by atoms with E-state index >= 15 is 0 Å². The zero-order chi connectivity index (χ0) is 21.0. The Labute approximate surface area is 179 Å². The van der Waals surface area contributed by atoms with Crippen molar-refractivity contribution in [3.8, 4) is 0 Å². The molecule has 2 saturated heterocycles. The van der Waals surface area contributed by atoms with Crippen LogP contribution >= 0.6 is 0 Å². The molecule has 168 valence electrons. The van der Waals surface area contributed by atoms with E-state index < -0.39 is 11.6 Å². The van der Waals surface area contributed by atoms with Gasteiger partial charge in [0.1, 0.15) is 11.6 Å². The summed E-state index contributed by atoms with van der Waals surface area (Å²) in [5.41, 5.74) is -0.813. The lowest BCUT2D eigenvalue weighted by atomic mass is 9.78. The first-order chi connectivity index (χ1) is 14.6. The average Bonchev–Trinajstić information content (AvgIpc) is 3.44. The molecule has 4 aliphatic rings. The van der Waals surface area contributed by atoms with Gasteiger partial charge in [0.05, 0.1) is 6.10 Å². The Hall–Kier alpha value is -1.63. The standard InChI is InChI=1S/C23H37N3O4/c27-20-12-11-19(25-20)21(28)26(16-18-10-7-15-30-18)23(13-5-2-6-14-23)22(29)24-17-8-3-1-4-9-17/h17-19H,1-16H2,(H,24,29)(H,25,27). The number of amides is 3. The van der Waals surface area contributed by atoms with Crippen LogP contribution in [0.4, 0.5) is 0 Å². The number of carbonyl (C=O) groups excluding carboxylic acids is 3. The Morgan fingerprint density at radius 2 is 1.73 bits per heavy atom. The molecule has 2 unspecified atom stereocenters. The van der Waals surface area contributed by atoms with Crippen molar-refractivity contribution in [3.05, 3.63) is 0 Å². The Bertz CT molecular complexity index is 634. The smallest absolute Gasteiger partial charge is 0.246 e. The molecular weight excluding hydrogens is 382 g/mol. The number of ether oxygens (including phenoxy) is 1. The van der Waals surface area contributed by atoms with E-state index in [0.29, 0.717) is 38.8 Å². The monoisotopic (exact) mass is 419 g/mol. The largest absolute Gasteiger partial charge is 0.376 e. The predicted octanol–water partition coefficient (Wildman–Crippen LogP) is 2.42. The molecule has 2 atom stereocenters. The highest BCUT2D eigenvalue weighted by atomic mass is 16.5. The molecule has 2 N–H and O–H groups in total. The summed E-state index contributed by atoms with van der Waals surface area (Å²) < 4.78 is 5.87. The van der Waals surface area contributed by atoms with Gasteiger partial charge in [-0.3, -0.25) is 14.4 Å². The minimum absolute atomic E-state index is 0.0183. The number of rotatable bonds is 6. The maximum Gasteiger partial charge on any atom is 0.246 e. The van der Waals surface area contributed by atoms with Crippen LogP contribution in [-0.2, 0) is 19.1 Å². The van der Waals surface area contributed by atoms with Gasteiger partial charge < -0.3 is 20.3 Å². The molecule has 2 saturated carbocycles. The van der Waals surface area contributed by atoms with Gasteiger partial charge in [-0.25, -0.2) is 0 Å². The van der Waals surface area contributed by atoms with E-state index in [0.717, 1.165) is 57.8 Å². The SMILES string of the molecule is O=C1CCC(C(=O)N(CC2CCCO2)C2(C(=O)NC3CCCCC3)CCCCC2)N1. The molecule has 7 heteroatoms. The molecule has 2 aliphatic heterocycles. The van der Waals surface area contributed by atoms with Crippen molar-refractivity contribution in [2.45, 2.75) is 114 Å². The molecule has 0 spiro atoms. The van der Waals surface area contributed by atoms with Crippen LogP contribution in [0.3, 0.4) is 0 Å². The lowest BCUT2D eigenvalue weighted by molar-refractivity contribution is -0.154. The molecule has 0 radical (unpaired) electrons. The minimum Gasteiger partial charge on any atom is -0.376 e. The first kappa shape index (κ1) is 21.6. The summed E-state index contributed by atoms with van der Waals surface area (Å²) in [5, 5.41) is 6.16. The molecule has 30 heavy (non-hydrogen) atoms. The molecule has 2 aliphatic carbocycles. The van der Waals surface area contributed by atoms with Gasteiger partial charge in [-0.15, -0.1) is 0 Å². The maximum absolute atomic E-state index is 13.8. The van der Waals surface area contributed by atoms with Crippen LogP contribution in [0, 0.1) is 0 Å². The van der Waals surface area contributed by atoms with Gasteiger partial charge in [-0.05, 0) is 44.9 Å². The quantitative estimate of drug-likeness (QED) is 0.692. The van der Waals surface area contributed by atoms with Crippen LogP contribution in [-0.4, -0.2) is 59.5 Å². The fourth-order valence-electron chi connectivity index (χ4n) is 5.78. The Balaban J connectivity index is 1.58. The zero-order valence-corrected chi connectivity index (χ0v) is 18.1. The molecule has 0 aromatic rings. The van der Waals surface area contributed by atoms with Crippen molar-refractivity contribution >= 4 is 17.7 Å². The number of nitrogens with one attached hydrogen (secondary N) is 2. The van der Waals surface area contributed by atoms with Crippen molar-refractivity contribution in [2.24, 2.45) is 0 Å². The van der Waals surface area contributed by atoms with Crippen molar-refractivity contribution < 1.29 is 19.1 Å². The highest BCUT2D eigenvalue weighted by Gasteiger charge is 2.50. The van der Waals surface area contributed by atoms with Crippen LogP contribution in [0.1, 0.15) is 89.9 Å². The Kier molecular flexibility index (Phi) is 6.96. The number of carbonyl (C=O) groups is 3. The minimum atomic E-state index is -0.813. The first-order valence-electron chi connectivity index (χ1n) is 12.1. The van der Waals surface area contributed by atoms with Crippen molar-refractivity contribution in [2.75, 3.05) is 13.2 Å². The second-order valence-corrected chi connectivity index (χ2v) is 9.64. The summed E-state index contributed by atoms with van der Waals surface area (Å²) in [6.45, 7) is 1.16. The van der Waals surface area contributed by atoms with E-state index in [1.807, 2.05) is 4.90 Å². The normalized spacial score (nSPS) is 29.4. The highest BCUT2D eigenvalue weighted by molar-refractivity contribution is 5.96. The predicted molar refractivity (Wildman–Crippen MR) is 113 cm³/mol. The Morgan fingerprint density at radius 1 is 1.00 bits per heavy atom. The molecular formula is C23H37N3O4. The topological polar surface area (TPSA) is 87.7 Å². The first-order valence-corrected chi connectivity index (χ1v) is 12.1. The van der Waals surface area contributed by atoms with E-state index in [4.69, 9.17) is 4.74 Å². The summed E-state index contributed by atoms with van der Waals surface area (Å²) in [6.07, 6.45) is 12.8. The average molecular weight is 420 g/mol. The highest BCUT2D eigenvalue weighted by Crippen LogP contribution is 2.37. The summed E-state index contributed by atoms with van der Waals surface area (Å²) in [6, 6.07) is -0.295. The van der Waals surface area contributed by atoms with Gasteiger partial charge in [-0.2, -0.15) is 0 Å². The van der Waals surface area contributed by atoms with Crippen LogP contribution in [0.2, 0.25) is 0 Å². The molecule has 0 aromatic carbocycles. The summed E-state index contributed by atoms with van der Waals surface area (Å²) >= 11 is 0. The van der Waals surface area contributed by atoms with Gasteiger partial charge in [0.15, 0.2) is 0 Å². The third-order valence-electron chi connectivity index (χ3n) is 7.53. The number of hydrogen-bond donors (Lipinski definition) is 2. The van der Waals surface area contributed by atoms with Crippen LogP contribution in [0.15, 0.2) is 0 Å². The molecule has 4 rings (SSSR count). The molecule has 0 aromatic heterocycles. The maximum atomic E-state index is 13.8. The van der Waals surface area contributed by atoms with Crippen LogP contribution in [0.5, 0.6) is 0 Å². The van der Waals surface area contributed by atoms with Gasteiger partial charge in [-0.1, -0.05) is 38.5 Å². The van der Waals surface area contributed by atoms with Crippen LogP contribution in [0.25, 0.3) is 0 Å². The molecule has 7 nitrogen and oxygen atoms in total. The second-order valence-electron chi connectivity index (χ2n) is 9.64. The summed E-state index contributed by atoms with van der Waals surface area (Å²) in [5.74, 6) is -0.156. The fraction of sp³-hybridized carbons (Fsp3) is 0.870. The lowest BCUT2D eigenvalue weighted by Gasteiger charge is -2.47. The zero-order valence-electron chi connectivity index (χ0n) is 18.1. The molecule has 4 fully saturated rings. The van der Waals surface area contributed by atoms with Crippen LogP contribution < -0.4 is 10.6 Å². The molecule has 2 heterocycles. The third-order valence-corrected chi connectivity index (χ3v) is 7.53. The van der Waals surface area contributed by atoms with Crippen molar-refractivity contribution in [3.63, 3.8) is 0 Å². The van der Waals surface area contributed by atoms with Gasteiger partial charge >= 0.3 is 0 Å². The summed E-state index contributed by atoms with van der Waals surface area (Å²) in [4.78, 5) is 41.0. The van der Waals surface area contributed by atoms with Gasteiger partial charge in [0.2, 0.25) is 17.7 Å². The summed E-state index contributed by atoms with van der Waals surface area (Å²) in [7, 11) is 0. The lowest BCUT2D eigenvalue weighted by Crippen LogP contribution is -2.66. The van der Waals surface area contributed by atoms with E-state index in [1.165, 1.54) is 6.42 Å². The second kappa shape index (κ2) is 9.67. The van der Waals surface area contributed by atoms with E-state index in [1.54, 1.807) is 0 Å². The van der Waals surface area contributed by atoms with Crippen molar-refractivity contribution in [1.29, 1.82) is 0 Å². The number of hydrogen-bond acceptors (Lipinski definition) is 4. The van der Waals surface area contributed by atoms with E-state index in [-0.39, 0.29) is 29.9 Å².